The van der Waals surface area contributed by atoms with Crippen LogP contribution in [0.3, 0.4) is 0 Å². The van der Waals surface area contributed by atoms with Crippen LogP contribution in [0.25, 0.3) is 21.3 Å². The van der Waals surface area contributed by atoms with Gasteiger partial charge in [-0.05, 0) is 80.6 Å². The molecule has 5 aromatic rings. The molecule has 0 fully saturated rings. The van der Waals surface area contributed by atoms with Gasteiger partial charge in [0.25, 0.3) is 5.56 Å². The highest BCUT2D eigenvalue weighted by molar-refractivity contribution is 7.18. The van der Waals surface area contributed by atoms with Gasteiger partial charge in [0.15, 0.2) is 11.6 Å². The number of ether oxygens (including phenoxy) is 1. The van der Waals surface area contributed by atoms with E-state index in [0.29, 0.717) is 69.6 Å². The van der Waals surface area contributed by atoms with Crippen LogP contribution in [0.2, 0.25) is 5.02 Å². The number of pyridine rings is 1. The van der Waals surface area contributed by atoms with Crippen LogP contribution in [0.1, 0.15) is 50.7 Å². The summed E-state index contributed by atoms with van der Waals surface area (Å²) in [7, 11) is 0. The van der Waals surface area contributed by atoms with Gasteiger partial charge in [-0.25, -0.2) is 18.6 Å². The van der Waals surface area contributed by atoms with Gasteiger partial charge in [0.05, 0.1) is 28.0 Å². The first-order chi connectivity index (χ1) is 22.1. The summed E-state index contributed by atoms with van der Waals surface area (Å²) < 4.78 is 36.3. The first-order valence-electron chi connectivity index (χ1n) is 14.9. The molecule has 236 valence electrons. The van der Waals surface area contributed by atoms with E-state index in [4.69, 9.17) is 21.3 Å². The Hall–Kier alpha value is -4.19. The molecule has 1 aliphatic carbocycles. The number of carbonyl (C=O) groups is 1. The summed E-state index contributed by atoms with van der Waals surface area (Å²) in [6.07, 6.45) is 1.98. The summed E-state index contributed by atoms with van der Waals surface area (Å²) in [5.41, 5.74) is 5.62. The van der Waals surface area contributed by atoms with Gasteiger partial charge in [0.2, 0.25) is 0 Å². The number of carboxylic acid groups (broad SMARTS) is 1. The summed E-state index contributed by atoms with van der Waals surface area (Å²) in [6, 6.07) is 9.76. The monoisotopic (exact) mass is 662 g/mol. The Morgan fingerprint density at radius 1 is 1.09 bits per heavy atom. The Bertz CT molecular complexity index is 2080. The third-order valence-corrected chi connectivity index (χ3v) is 10.1. The highest BCUT2D eigenvalue weighted by atomic mass is 35.5. The van der Waals surface area contributed by atoms with Crippen molar-refractivity contribution >= 4 is 39.1 Å². The zero-order valence-electron chi connectivity index (χ0n) is 25.1. The highest BCUT2D eigenvalue weighted by Crippen LogP contribution is 2.40. The zero-order valence-corrected chi connectivity index (χ0v) is 26.6. The number of thiophene rings is 1. The molecule has 0 amide bonds. The van der Waals surface area contributed by atoms with Crippen LogP contribution in [-0.4, -0.2) is 43.2 Å². The predicted octanol–water partition coefficient (Wildman–Crippen LogP) is 6.72. The maximum Gasteiger partial charge on any atom is 0.338 e. The first kappa shape index (κ1) is 30.5. The number of halogens is 3. The van der Waals surface area contributed by atoms with Crippen LogP contribution >= 0.6 is 22.9 Å². The number of rotatable bonds is 7. The molecule has 0 saturated carbocycles. The van der Waals surface area contributed by atoms with Gasteiger partial charge < -0.3 is 9.84 Å². The lowest BCUT2D eigenvalue weighted by molar-refractivity contribution is 0.0699. The molecule has 3 aromatic heterocycles. The molecule has 0 saturated heterocycles. The molecular weight excluding hydrogens is 634 g/mol. The van der Waals surface area contributed by atoms with Crippen molar-refractivity contribution in [3.05, 3.63) is 108 Å². The quantitative estimate of drug-likeness (QED) is 0.207. The number of fused-ring (bicyclic) bond motifs is 3. The van der Waals surface area contributed by atoms with Gasteiger partial charge in [-0.1, -0.05) is 11.6 Å². The van der Waals surface area contributed by atoms with Crippen LogP contribution in [0.5, 0.6) is 5.75 Å². The van der Waals surface area contributed by atoms with Crippen molar-refractivity contribution in [3.63, 3.8) is 0 Å². The fourth-order valence-corrected chi connectivity index (χ4v) is 7.82. The van der Waals surface area contributed by atoms with Gasteiger partial charge in [-0.2, -0.15) is 0 Å². The number of carboxylic acids is 1. The van der Waals surface area contributed by atoms with Crippen LogP contribution < -0.4 is 10.3 Å². The maximum atomic E-state index is 13.8. The second-order valence-electron chi connectivity index (χ2n) is 11.8. The van der Waals surface area contributed by atoms with E-state index in [1.54, 1.807) is 28.1 Å². The molecule has 12 heteroatoms. The molecule has 2 aromatic carbocycles. The SMILES string of the molecule is Cc1cc(-c2cc(Cl)ccc2OCCn2c(C)nc3c(c2=O)C[C@H](N2Cc4cc(F)c(F)cc4C2)CC3)c2scc(C(=O)O)c2n1. The normalized spacial score (nSPS) is 16.1. The van der Waals surface area contributed by atoms with E-state index in [2.05, 4.69) is 9.88 Å². The van der Waals surface area contributed by atoms with Crippen molar-refractivity contribution in [2.24, 2.45) is 0 Å². The average molecular weight is 663 g/mol. The molecule has 4 heterocycles. The van der Waals surface area contributed by atoms with Crippen LogP contribution in [0, 0.1) is 25.5 Å². The Kier molecular flexibility index (Phi) is 7.86. The third kappa shape index (κ3) is 5.46. The van der Waals surface area contributed by atoms with Crippen molar-refractivity contribution in [1.82, 2.24) is 19.4 Å². The van der Waals surface area contributed by atoms with Crippen molar-refractivity contribution < 1.29 is 23.4 Å². The van der Waals surface area contributed by atoms with E-state index in [0.717, 1.165) is 28.8 Å². The lowest BCUT2D eigenvalue weighted by atomic mass is 9.91. The van der Waals surface area contributed by atoms with Crippen LogP contribution in [0.15, 0.2) is 46.6 Å². The van der Waals surface area contributed by atoms with E-state index in [1.165, 1.54) is 23.5 Å². The summed E-state index contributed by atoms with van der Waals surface area (Å²) in [4.78, 5) is 37.0. The van der Waals surface area contributed by atoms with Crippen LogP contribution in [-0.2, 0) is 32.5 Å². The van der Waals surface area contributed by atoms with Crippen molar-refractivity contribution in [1.29, 1.82) is 0 Å². The van der Waals surface area contributed by atoms with E-state index < -0.39 is 17.6 Å². The maximum absolute atomic E-state index is 13.8. The van der Waals surface area contributed by atoms with Gasteiger partial charge in [-0.3, -0.25) is 19.2 Å². The second-order valence-corrected chi connectivity index (χ2v) is 13.1. The van der Waals surface area contributed by atoms with Crippen molar-refractivity contribution in [3.8, 4) is 16.9 Å². The zero-order chi connectivity index (χ0) is 32.3. The van der Waals surface area contributed by atoms with Crippen molar-refractivity contribution in [2.75, 3.05) is 6.61 Å². The molecule has 7 rings (SSSR count). The molecule has 2 aliphatic rings. The predicted molar refractivity (Wildman–Crippen MR) is 172 cm³/mol. The number of hydrogen-bond donors (Lipinski definition) is 1. The van der Waals surface area contributed by atoms with Gasteiger partial charge in [0.1, 0.15) is 18.2 Å². The van der Waals surface area contributed by atoms with Gasteiger partial charge in [0, 0.05) is 51.9 Å². The van der Waals surface area contributed by atoms with E-state index in [-0.39, 0.29) is 30.3 Å². The molecule has 46 heavy (non-hydrogen) atoms. The molecule has 1 aliphatic heterocycles. The lowest BCUT2D eigenvalue weighted by Crippen LogP contribution is -2.41. The van der Waals surface area contributed by atoms with Crippen molar-refractivity contribution in [2.45, 2.75) is 58.8 Å². The van der Waals surface area contributed by atoms with E-state index >= 15 is 0 Å². The fraction of sp³-hybridized carbons (Fsp3) is 0.294. The summed E-state index contributed by atoms with van der Waals surface area (Å²) >= 11 is 7.70. The van der Waals surface area contributed by atoms with Gasteiger partial charge in [-0.15, -0.1) is 11.3 Å². The largest absolute Gasteiger partial charge is 0.491 e. The topological polar surface area (TPSA) is 97.6 Å². The first-order valence-corrected chi connectivity index (χ1v) is 16.2. The minimum atomic E-state index is -1.04. The second kappa shape index (κ2) is 11.9. The molecule has 1 atom stereocenters. The average Bonchev–Trinajstić information content (AvgIpc) is 3.63. The summed E-state index contributed by atoms with van der Waals surface area (Å²) in [5, 5.41) is 11.7. The standard InChI is InChI=1S/C34H29ClF2N4O4S/c1-17-9-24(32-31(38-17)26(16-46-32)34(43)44)23-12-21(35)3-6-30(23)45-8-7-41-18(2)39-29-5-4-22(13-25(29)33(41)42)40-14-19-10-27(36)28(37)11-20(19)15-40/h3,6,9-12,16,22H,4-5,7-8,13-15H2,1-2H3,(H,43,44)/t22-/m1/s1. The number of aromatic nitrogens is 3. The van der Waals surface area contributed by atoms with E-state index in [9.17, 15) is 23.5 Å². The Labute approximate surface area is 271 Å². The molecule has 0 radical (unpaired) electrons. The number of benzene rings is 2. The molecule has 0 unspecified atom stereocenters. The number of nitrogens with zero attached hydrogens (tertiary/aromatic N) is 4. The summed E-state index contributed by atoms with van der Waals surface area (Å²) in [5.74, 6) is -1.58. The number of aromatic carboxylic acids is 1. The molecule has 0 bridgehead atoms. The summed E-state index contributed by atoms with van der Waals surface area (Å²) in [6.45, 7) is 5.10. The number of hydrogen-bond acceptors (Lipinski definition) is 7. The highest BCUT2D eigenvalue weighted by Gasteiger charge is 2.32. The number of aryl methyl sites for hydroxylation is 3. The Morgan fingerprint density at radius 2 is 1.83 bits per heavy atom. The van der Waals surface area contributed by atoms with Crippen LogP contribution in [0.4, 0.5) is 8.78 Å². The Morgan fingerprint density at radius 3 is 2.54 bits per heavy atom. The molecule has 8 nitrogen and oxygen atoms in total. The minimum Gasteiger partial charge on any atom is -0.491 e. The smallest absolute Gasteiger partial charge is 0.338 e. The lowest BCUT2D eigenvalue weighted by Gasteiger charge is -2.32. The minimum absolute atomic E-state index is 0.0594. The fourth-order valence-electron chi connectivity index (χ4n) is 6.63. The Balaban J connectivity index is 1.12. The molecular formula is C34H29ClF2N4O4S. The van der Waals surface area contributed by atoms with E-state index in [1.807, 2.05) is 19.9 Å². The third-order valence-electron chi connectivity index (χ3n) is 8.88. The molecule has 1 N–H and O–H groups in total. The van der Waals surface area contributed by atoms with Gasteiger partial charge >= 0.3 is 5.97 Å². The molecule has 0 spiro atoms.